The van der Waals surface area contributed by atoms with Crippen molar-refractivity contribution in [3.05, 3.63) is 16.4 Å². The minimum absolute atomic E-state index is 0.0876. The van der Waals surface area contributed by atoms with E-state index in [0.717, 1.165) is 0 Å². The topological polar surface area (TPSA) is 107 Å². The molecule has 0 aliphatic rings. The van der Waals surface area contributed by atoms with Crippen molar-refractivity contribution < 1.29 is 18.9 Å². The second kappa shape index (κ2) is 9.99. The first-order valence-electron chi connectivity index (χ1n) is 9.27. The number of anilines is 1. The number of halogens is 2. The van der Waals surface area contributed by atoms with Crippen molar-refractivity contribution >= 4 is 51.9 Å². The Bertz CT molecular complexity index is 1060. The van der Waals surface area contributed by atoms with E-state index in [1.807, 2.05) is 18.4 Å². The van der Waals surface area contributed by atoms with Crippen LogP contribution in [0, 0.1) is 0 Å². The van der Waals surface area contributed by atoms with E-state index in [1.165, 1.54) is 39.4 Å². The number of benzene rings is 1. The molecule has 0 aliphatic heterocycles. The highest BCUT2D eigenvalue weighted by Gasteiger charge is 2.27. The molecule has 0 fully saturated rings. The zero-order chi connectivity index (χ0) is 22.7. The van der Waals surface area contributed by atoms with Crippen LogP contribution in [0.4, 0.5) is 5.82 Å². The zero-order valence-corrected chi connectivity index (χ0v) is 20.1. The summed E-state index contributed by atoms with van der Waals surface area (Å²) in [6.07, 6.45) is 1.48. The van der Waals surface area contributed by atoms with Gasteiger partial charge >= 0.3 is 0 Å². The van der Waals surface area contributed by atoms with E-state index in [9.17, 15) is 0 Å². The van der Waals surface area contributed by atoms with Crippen molar-refractivity contribution in [3.63, 3.8) is 0 Å². The molecule has 0 bridgehead atoms. The summed E-state index contributed by atoms with van der Waals surface area (Å²) in [6.45, 7) is 4.89. The Labute approximate surface area is 194 Å². The van der Waals surface area contributed by atoms with Gasteiger partial charge in [0.2, 0.25) is 5.75 Å². The Kier molecular flexibility index (Phi) is 7.58. The third-order valence-electron chi connectivity index (χ3n) is 4.31. The number of rotatable bonds is 9. The average molecular weight is 488 g/mol. The van der Waals surface area contributed by atoms with Crippen LogP contribution in [0.3, 0.4) is 0 Å². The van der Waals surface area contributed by atoms with Crippen LogP contribution < -0.4 is 19.9 Å². The van der Waals surface area contributed by atoms with E-state index in [0.29, 0.717) is 51.6 Å². The summed E-state index contributed by atoms with van der Waals surface area (Å²) in [5, 5.41) is 1.10. The molecule has 3 rings (SSSR count). The lowest BCUT2D eigenvalue weighted by Crippen LogP contribution is -2.11. The molecule has 0 unspecified atom stereocenters. The lowest BCUT2D eigenvalue weighted by Gasteiger charge is -2.18. The van der Waals surface area contributed by atoms with Gasteiger partial charge in [0.05, 0.1) is 45.5 Å². The monoisotopic (exact) mass is 487 g/mol. The molecule has 0 saturated heterocycles. The lowest BCUT2D eigenvalue weighted by molar-refractivity contribution is 0.0720. The van der Waals surface area contributed by atoms with Crippen LogP contribution in [0.5, 0.6) is 17.2 Å². The minimum atomic E-state index is 0.0876. The quantitative estimate of drug-likeness (QED) is 0.471. The number of aromatic nitrogens is 4. The summed E-state index contributed by atoms with van der Waals surface area (Å²) in [5.41, 5.74) is 7.09. The van der Waals surface area contributed by atoms with Crippen molar-refractivity contribution in [2.75, 3.05) is 33.7 Å². The van der Waals surface area contributed by atoms with E-state index >= 15 is 0 Å². The molecule has 0 atom stereocenters. The third kappa shape index (κ3) is 4.57. The highest BCUT2D eigenvalue weighted by Crippen LogP contribution is 2.54. The van der Waals surface area contributed by atoms with E-state index in [2.05, 4.69) is 15.0 Å². The fourth-order valence-electron chi connectivity index (χ4n) is 2.93. The summed E-state index contributed by atoms with van der Waals surface area (Å²) in [4.78, 5) is 13.5. The summed E-state index contributed by atoms with van der Waals surface area (Å²) in [7, 11) is 4.45. The molecule has 3 aromatic rings. The molecule has 168 valence electrons. The first-order valence-corrected chi connectivity index (χ1v) is 10.8. The van der Waals surface area contributed by atoms with Gasteiger partial charge in [0, 0.05) is 0 Å². The van der Waals surface area contributed by atoms with Gasteiger partial charge in [0.1, 0.15) is 16.4 Å². The van der Waals surface area contributed by atoms with Crippen molar-refractivity contribution in [1.29, 1.82) is 0 Å². The Hall–Kier alpha value is -2.14. The fraction of sp³-hybridized carbons (Fsp3) is 0.421. The van der Waals surface area contributed by atoms with Gasteiger partial charge in [-0.15, -0.1) is 0 Å². The van der Waals surface area contributed by atoms with Crippen molar-refractivity contribution in [2.24, 2.45) is 0 Å². The van der Waals surface area contributed by atoms with Crippen LogP contribution in [0.25, 0.3) is 11.2 Å². The number of hydrogen-bond acceptors (Lipinski definition) is 9. The summed E-state index contributed by atoms with van der Waals surface area (Å²) in [6, 6.07) is 0. The van der Waals surface area contributed by atoms with Gasteiger partial charge in [-0.1, -0.05) is 23.2 Å². The first-order chi connectivity index (χ1) is 14.8. The van der Waals surface area contributed by atoms with E-state index < -0.39 is 0 Å². The number of methoxy groups -OCH3 is 3. The maximum absolute atomic E-state index is 6.62. The molecular formula is C19H23Cl2N5O4S. The Morgan fingerprint density at radius 1 is 1.03 bits per heavy atom. The molecule has 12 heteroatoms. The molecule has 0 saturated carbocycles. The molecule has 2 aromatic heterocycles. The van der Waals surface area contributed by atoms with Crippen LogP contribution in [0.1, 0.15) is 13.8 Å². The largest absolute Gasteiger partial charge is 0.491 e. The minimum Gasteiger partial charge on any atom is -0.491 e. The standard InChI is InChI=1S/C19H23Cl2N5O4S/c1-9(2)30-7-6-26-18-12(17(22)23-8-24-18)25-19(26)31-16-10(20)13(27-3)15(29-5)14(28-4)11(16)21/h8-9H,6-7H2,1-5H3,(H2,22,23,24). The summed E-state index contributed by atoms with van der Waals surface area (Å²) in [5.74, 6) is 1.19. The Morgan fingerprint density at radius 2 is 1.65 bits per heavy atom. The predicted octanol–water partition coefficient (Wildman–Crippen LogP) is 4.32. The molecule has 1 aromatic carbocycles. The SMILES string of the molecule is COc1c(Cl)c(Sc2nc3c(N)ncnc3n2CCOC(C)C)c(Cl)c(OC)c1OC. The third-order valence-corrected chi connectivity index (χ3v) is 6.36. The highest BCUT2D eigenvalue weighted by molar-refractivity contribution is 7.99. The summed E-state index contributed by atoms with van der Waals surface area (Å²) >= 11 is 14.5. The number of nitrogens with two attached hydrogens (primary N) is 1. The number of imidazole rings is 1. The van der Waals surface area contributed by atoms with E-state index in [-0.39, 0.29) is 22.0 Å². The molecule has 31 heavy (non-hydrogen) atoms. The number of hydrogen-bond donors (Lipinski definition) is 1. The van der Waals surface area contributed by atoms with Crippen LogP contribution in [-0.2, 0) is 11.3 Å². The highest BCUT2D eigenvalue weighted by atomic mass is 35.5. The fourth-order valence-corrected chi connectivity index (χ4v) is 4.70. The van der Waals surface area contributed by atoms with Gasteiger partial charge in [-0.05, 0) is 25.6 Å². The van der Waals surface area contributed by atoms with Gasteiger partial charge in [-0.25, -0.2) is 15.0 Å². The van der Waals surface area contributed by atoms with Gasteiger partial charge in [0.25, 0.3) is 0 Å². The van der Waals surface area contributed by atoms with Gasteiger partial charge < -0.3 is 29.2 Å². The second-order valence-electron chi connectivity index (χ2n) is 6.56. The molecule has 0 radical (unpaired) electrons. The smallest absolute Gasteiger partial charge is 0.206 e. The van der Waals surface area contributed by atoms with Crippen molar-refractivity contribution in [3.8, 4) is 17.2 Å². The molecule has 0 spiro atoms. The molecule has 0 amide bonds. The molecule has 9 nitrogen and oxygen atoms in total. The van der Waals surface area contributed by atoms with Gasteiger partial charge in [-0.3, -0.25) is 0 Å². The predicted molar refractivity (Wildman–Crippen MR) is 121 cm³/mol. The van der Waals surface area contributed by atoms with Crippen LogP contribution in [0.2, 0.25) is 10.0 Å². The number of ether oxygens (including phenoxy) is 4. The van der Waals surface area contributed by atoms with Gasteiger partial charge in [-0.2, -0.15) is 0 Å². The normalized spacial score (nSPS) is 11.4. The Balaban J connectivity index is 2.14. The van der Waals surface area contributed by atoms with E-state index in [1.54, 1.807) is 0 Å². The van der Waals surface area contributed by atoms with Crippen molar-refractivity contribution in [1.82, 2.24) is 19.5 Å². The number of nitrogens with zero attached hydrogens (tertiary/aromatic N) is 4. The Morgan fingerprint density at radius 3 is 2.19 bits per heavy atom. The molecular weight excluding hydrogens is 465 g/mol. The van der Waals surface area contributed by atoms with Crippen LogP contribution in [0.15, 0.2) is 16.4 Å². The maximum Gasteiger partial charge on any atom is 0.206 e. The summed E-state index contributed by atoms with van der Waals surface area (Å²) < 4.78 is 23.9. The van der Waals surface area contributed by atoms with E-state index in [4.69, 9.17) is 47.9 Å². The molecule has 2 heterocycles. The second-order valence-corrected chi connectivity index (χ2v) is 8.29. The average Bonchev–Trinajstić information content (AvgIpc) is 3.09. The molecule has 0 aliphatic carbocycles. The maximum atomic E-state index is 6.62. The molecule has 2 N–H and O–H groups in total. The van der Waals surface area contributed by atoms with Crippen LogP contribution in [-0.4, -0.2) is 53.6 Å². The first kappa shape index (κ1) is 23.5. The zero-order valence-electron chi connectivity index (χ0n) is 17.7. The number of fused-ring (bicyclic) bond motifs is 1. The lowest BCUT2D eigenvalue weighted by atomic mass is 10.3. The van der Waals surface area contributed by atoms with Gasteiger partial charge in [0.15, 0.2) is 33.6 Å². The number of nitrogen functional groups attached to an aromatic ring is 1. The van der Waals surface area contributed by atoms with Crippen molar-refractivity contribution in [2.45, 2.75) is 36.5 Å². The van der Waals surface area contributed by atoms with Crippen LogP contribution >= 0.6 is 35.0 Å².